The van der Waals surface area contributed by atoms with Gasteiger partial charge >= 0.3 is 6.03 Å². The van der Waals surface area contributed by atoms with E-state index < -0.39 is 0 Å². The molecule has 0 bridgehead atoms. The molecular formula is C17H16Br2N2O. The summed E-state index contributed by atoms with van der Waals surface area (Å²) in [6, 6.07) is 15.6. The van der Waals surface area contributed by atoms with Crippen molar-refractivity contribution in [2.24, 2.45) is 0 Å². The van der Waals surface area contributed by atoms with E-state index in [0.29, 0.717) is 6.54 Å². The van der Waals surface area contributed by atoms with Crippen LogP contribution in [0.15, 0.2) is 63.7 Å². The molecule has 0 atom stereocenters. The maximum Gasteiger partial charge on any atom is 0.318 e. The molecule has 0 unspecified atom stereocenters. The summed E-state index contributed by atoms with van der Waals surface area (Å²) in [7, 11) is 0. The van der Waals surface area contributed by atoms with Gasteiger partial charge in [0.05, 0.1) is 0 Å². The average molecular weight is 424 g/mol. The summed E-state index contributed by atoms with van der Waals surface area (Å²) in [4.78, 5) is 11.7. The van der Waals surface area contributed by atoms with Gasteiger partial charge in [-0.2, -0.15) is 0 Å². The molecule has 0 aliphatic rings. The largest absolute Gasteiger partial charge is 0.338 e. The summed E-state index contributed by atoms with van der Waals surface area (Å²) in [5.41, 5.74) is 2.19. The van der Waals surface area contributed by atoms with Crippen LogP contribution in [0.2, 0.25) is 0 Å². The van der Waals surface area contributed by atoms with Gasteiger partial charge in [0.1, 0.15) is 0 Å². The SMILES string of the molecule is O=C(N/C=C/c1cccc(Br)c1)NCCc1ccccc1Br. The molecule has 3 nitrogen and oxygen atoms in total. The molecular weight excluding hydrogens is 408 g/mol. The van der Waals surface area contributed by atoms with Gasteiger partial charge in [-0.15, -0.1) is 0 Å². The van der Waals surface area contributed by atoms with Crippen LogP contribution in [0.25, 0.3) is 6.08 Å². The van der Waals surface area contributed by atoms with E-state index in [4.69, 9.17) is 0 Å². The minimum Gasteiger partial charge on any atom is -0.338 e. The molecule has 2 aromatic rings. The second-order valence-electron chi connectivity index (χ2n) is 4.63. The normalized spacial score (nSPS) is 10.6. The molecule has 0 aromatic heterocycles. The zero-order valence-corrected chi connectivity index (χ0v) is 15.0. The first-order valence-corrected chi connectivity index (χ1v) is 8.43. The van der Waals surface area contributed by atoms with Crippen molar-refractivity contribution in [2.75, 3.05) is 6.54 Å². The van der Waals surface area contributed by atoms with Gasteiger partial charge in [-0.25, -0.2) is 4.79 Å². The molecule has 2 rings (SSSR count). The first-order chi connectivity index (χ1) is 10.6. The number of rotatable bonds is 5. The third kappa shape index (κ3) is 5.66. The van der Waals surface area contributed by atoms with Crippen LogP contribution in [-0.4, -0.2) is 12.6 Å². The van der Waals surface area contributed by atoms with Gasteiger partial charge in [0, 0.05) is 21.7 Å². The fourth-order valence-corrected chi connectivity index (χ4v) is 2.79. The van der Waals surface area contributed by atoms with Crippen LogP contribution >= 0.6 is 31.9 Å². The highest BCUT2D eigenvalue weighted by molar-refractivity contribution is 9.10. The number of halogens is 2. The van der Waals surface area contributed by atoms with Crippen molar-refractivity contribution in [1.29, 1.82) is 0 Å². The number of benzene rings is 2. The molecule has 0 spiro atoms. The van der Waals surface area contributed by atoms with Gasteiger partial charge in [0.2, 0.25) is 0 Å². The Labute approximate surface area is 147 Å². The Balaban J connectivity index is 1.73. The Morgan fingerprint density at radius 3 is 2.68 bits per heavy atom. The van der Waals surface area contributed by atoms with Gasteiger partial charge < -0.3 is 10.6 Å². The summed E-state index contributed by atoms with van der Waals surface area (Å²) >= 11 is 6.90. The Kier molecular flexibility index (Phi) is 6.68. The fourth-order valence-electron chi connectivity index (χ4n) is 1.89. The second kappa shape index (κ2) is 8.76. The monoisotopic (exact) mass is 422 g/mol. The lowest BCUT2D eigenvalue weighted by Gasteiger charge is -2.06. The van der Waals surface area contributed by atoms with Crippen LogP contribution in [0.3, 0.4) is 0 Å². The number of carbonyl (C=O) groups is 1. The lowest BCUT2D eigenvalue weighted by molar-refractivity contribution is 0.244. The standard InChI is InChI=1S/C17H16Br2N2O/c18-15-6-3-4-13(12-15)8-10-20-17(22)21-11-9-14-5-1-2-7-16(14)19/h1-8,10,12H,9,11H2,(H2,20,21,22)/b10-8+. The Bertz CT molecular complexity index is 671. The number of nitrogens with one attached hydrogen (secondary N) is 2. The van der Waals surface area contributed by atoms with Crippen LogP contribution in [0.4, 0.5) is 4.79 Å². The Morgan fingerprint density at radius 2 is 1.91 bits per heavy atom. The maximum absolute atomic E-state index is 11.7. The molecule has 0 heterocycles. The molecule has 2 amide bonds. The molecule has 0 aliphatic carbocycles. The Hall–Kier alpha value is -1.59. The van der Waals surface area contributed by atoms with Gasteiger partial charge in [-0.05, 0) is 41.8 Å². The predicted molar refractivity (Wildman–Crippen MR) is 97.6 cm³/mol. The van der Waals surface area contributed by atoms with Crippen molar-refractivity contribution in [2.45, 2.75) is 6.42 Å². The van der Waals surface area contributed by atoms with E-state index >= 15 is 0 Å². The average Bonchev–Trinajstić information content (AvgIpc) is 2.49. The van der Waals surface area contributed by atoms with Gasteiger partial charge in [0.25, 0.3) is 0 Å². The number of carbonyl (C=O) groups excluding carboxylic acids is 1. The summed E-state index contributed by atoms with van der Waals surface area (Å²) in [5.74, 6) is 0. The number of urea groups is 1. The smallest absolute Gasteiger partial charge is 0.318 e. The van der Waals surface area contributed by atoms with E-state index in [1.54, 1.807) is 6.20 Å². The third-order valence-electron chi connectivity index (χ3n) is 2.98. The highest BCUT2D eigenvalue weighted by Gasteiger charge is 2.00. The Morgan fingerprint density at radius 1 is 1.09 bits per heavy atom. The van der Waals surface area contributed by atoms with Gasteiger partial charge in [-0.3, -0.25) is 0 Å². The minimum absolute atomic E-state index is 0.210. The maximum atomic E-state index is 11.7. The molecule has 22 heavy (non-hydrogen) atoms. The molecule has 0 aliphatic heterocycles. The van der Waals surface area contributed by atoms with Crippen molar-refractivity contribution < 1.29 is 4.79 Å². The van der Waals surface area contributed by atoms with Crippen molar-refractivity contribution in [3.63, 3.8) is 0 Å². The zero-order chi connectivity index (χ0) is 15.8. The van der Waals surface area contributed by atoms with Crippen molar-refractivity contribution >= 4 is 44.0 Å². The number of amides is 2. The molecule has 0 fully saturated rings. The molecule has 5 heteroatoms. The first-order valence-electron chi connectivity index (χ1n) is 6.85. The summed E-state index contributed by atoms with van der Waals surface area (Å²) in [6.07, 6.45) is 4.26. The zero-order valence-electron chi connectivity index (χ0n) is 11.9. The van der Waals surface area contributed by atoms with Crippen molar-refractivity contribution in [3.05, 3.63) is 74.8 Å². The molecule has 2 N–H and O–H groups in total. The van der Waals surface area contributed by atoms with Crippen molar-refractivity contribution in [3.8, 4) is 0 Å². The minimum atomic E-state index is -0.210. The molecule has 0 saturated heterocycles. The second-order valence-corrected chi connectivity index (χ2v) is 6.40. The molecule has 0 radical (unpaired) electrons. The van der Waals surface area contributed by atoms with Gasteiger partial charge in [-0.1, -0.05) is 62.2 Å². The number of hydrogen-bond donors (Lipinski definition) is 2. The van der Waals surface area contributed by atoms with Crippen LogP contribution in [0.5, 0.6) is 0 Å². The topological polar surface area (TPSA) is 41.1 Å². The summed E-state index contributed by atoms with van der Waals surface area (Å²) in [6.45, 7) is 0.583. The van der Waals surface area contributed by atoms with E-state index in [1.165, 1.54) is 5.56 Å². The highest BCUT2D eigenvalue weighted by atomic mass is 79.9. The van der Waals surface area contributed by atoms with E-state index in [1.807, 2.05) is 54.6 Å². The summed E-state index contributed by atoms with van der Waals surface area (Å²) < 4.78 is 2.07. The lowest BCUT2D eigenvalue weighted by Crippen LogP contribution is -2.33. The van der Waals surface area contributed by atoms with Crippen LogP contribution in [0.1, 0.15) is 11.1 Å². The number of hydrogen-bond acceptors (Lipinski definition) is 1. The van der Waals surface area contributed by atoms with Crippen molar-refractivity contribution in [1.82, 2.24) is 10.6 Å². The summed E-state index contributed by atoms with van der Waals surface area (Å²) in [5, 5.41) is 5.52. The van der Waals surface area contributed by atoms with Crippen LogP contribution in [-0.2, 0) is 6.42 Å². The quantitative estimate of drug-likeness (QED) is 0.717. The predicted octanol–water partition coefficient (Wildman–Crippen LogP) is 4.72. The lowest BCUT2D eigenvalue weighted by atomic mass is 10.1. The van der Waals surface area contributed by atoms with E-state index in [2.05, 4.69) is 42.5 Å². The third-order valence-corrected chi connectivity index (χ3v) is 4.24. The van der Waals surface area contributed by atoms with E-state index in [0.717, 1.165) is 20.9 Å². The van der Waals surface area contributed by atoms with Gasteiger partial charge in [0.15, 0.2) is 0 Å². The first kappa shape index (κ1) is 16.8. The van der Waals surface area contributed by atoms with Crippen LogP contribution in [0, 0.1) is 0 Å². The van der Waals surface area contributed by atoms with Crippen LogP contribution < -0.4 is 10.6 Å². The molecule has 2 aromatic carbocycles. The highest BCUT2D eigenvalue weighted by Crippen LogP contribution is 2.15. The van der Waals surface area contributed by atoms with E-state index in [9.17, 15) is 4.79 Å². The van der Waals surface area contributed by atoms with E-state index in [-0.39, 0.29) is 6.03 Å². The fraction of sp³-hybridized carbons (Fsp3) is 0.118. The molecule has 0 saturated carbocycles. The molecule has 114 valence electrons.